The van der Waals surface area contributed by atoms with E-state index in [0.29, 0.717) is 11.3 Å². The van der Waals surface area contributed by atoms with E-state index in [1.165, 1.54) is 12.5 Å². The van der Waals surface area contributed by atoms with Crippen LogP contribution >= 0.6 is 0 Å². The molecule has 3 aromatic heterocycles. The van der Waals surface area contributed by atoms with Crippen molar-refractivity contribution in [3.8, 4) is 33.6 Å². The number of hydrogen-bond acceptors (Lipinski definition) is 3. The predicted molar refractivity (Wildman–Crippen MR) is 157 cm³/mol. The second-order valence-electron chi connectivity index (χ2n) is 10.5. The molecule has 0 bridgehead atoms. The lowest BCUT2D eigenvalue weighted by Gasteiger charge is -2.20. The summed E-state index contributed by atoms with van der Waals surface area (Å²) < 4.78 is 14.6. The van der Waals surface area contributed by atoms with Crippen LogP contribution < -0.4 is 5.32 Å². The Balaban J connectivity index is 1.23. The molecule has 1 saturated carbocycles. The molecule has 1 fully saturated rings. The summed E-state index contributed by atoms with van der Waals surface area (Å²) in [5.41, 5.74) is 7.42. The second kappa shape index (κ2) is 10.1. The van der Waals surface area contributed by atoms with E-state index in [9.17, 15) is 9.18 Å². The minimum absolute atomic E-state index is 0.0810. The number of amides is 1. The highest BCUT2D eigenvalue weighted by Crippen LogP contribution is 2.36. The molecule has 7 heteroatoms. The summed E-state index contributed by atoms with van der Waals surface area (Å²) in [5.74, 6) is -0.0874. The van der Waals surface area contributed by atoms with E-state index in [4.69, 9.17) is 0 Å². The molecule has 198 valence electrons. The van der Waals surface area contributed by atoms with Gasteiger partial charge in [0, 0.05) is 39.5 Å². The van der Waals surface area contributed by atoms with Crippen LogP contribution in [0.15, 0.2) is 85.2 Å². The summed E-state index contributed by atoms with van der Waals surface area (Å²) in [5, 5.41) is 12.7. The average molecular weight is 530 g/mol. The zero-order chi connectivity index (χ0) is 27.1. The number of halogens is 1. The minimum atomic E-state index is -0.251. The first-order chi connectivity index (χ1) is 19.6. The molecule has 0 unspecified atom stereocenters. The topological polar surface area (TPSA) is 86.5 Å². The smallest absolute Gasteiger partial charge is 0.227 e. The van der Waals surface area contributed by atoms with Crippen molar-refractivity contribution in [2.24, 2.45) is 5.92 Å². The van der Waals surface area contributed by atoms with Crippen LogP contribution in [0.1, 0.15) is 32.1 Å². The van der Waals surface area contributed by atoms with Crippen LogP contribution in [-0.4, -0.2) is 26.1 Å². The molecule has 0 radical (unpaired) electrons. The number of benzene rings is 3. The van der Waals surface area contributed by atoms with Crippen LogP contribution in [0, 0.1) is 11.7 Å². The highest BCUT2D eigenvalue weighted by molar-refractivity contribution is 6.02. The first kappa shape index (κ1) is 24.3. The Morgan fingerprint density at radius 2 is 1.68 bits per heavy atom. The SMILES string of the molecule is O=C(Nc1cncc(-c2ccc3[nH]nc(-c4cc5c(-c6ccccc6F)cccc5[nH]4)c3c2)c1)C1CCCCC1. The van der Waals surface area contributed by atoms with E-state index in [-0.39, 0.29) is 17.6 Å². The third kappa shape index (κ3) is 4.43. The van der Waals surface area contributed by atoms with Crippen molar-refractivity contribution in [2.75, 3.05) is 5.32 Å². The number of aromatic nitrogens is 4. The van der Waals surface area contributed by atoms with Gasteiger partial charge in [-0.2, -0.15) is 5.10 Å². The maximum atomic E-state index is 14.6. The number of hydrogen-bond donors (Lipinski definition) is 3. The zero-order valence-corrected chi connectivity index (χ0v) is 21.9. The molecule has 1 amide bonds. The summed E-state index contributed by atoms with van der Waals surface area (Å²) in [6, 6.07) is 22.8. The first-order valence-corrected chi connectivity index (χ1v) is 13.8. The molecule has 0 atom stereocenters. The molecular weight excluding hydrogens is 501 g/mol. The Morgan fingerprint density at radius 3 is 2.55 bits per heavy atom. The standard InChI is InChI=1S/C33H28FN5O/c34-28-11-5-4-9-25(28)24-10-6-12-29-26(24)17-31(37-29)32-27-16-21(13-14-30(27)38-39-32)22-15-23(19-35-18-22)36-33(40)20-7-2-1-3-8-20/h4-6,9-20,37H,1-3,7-8H2,(H,36,40)(H,38,39). The molecule has 3 aromatic carbocycles. The number of nitrogens with zero attached hydrogens (tertiary/aromatic N) is 2. The van der Waals surface area contributed by atoms with Crippen LogP contribution in [0.4, 0.5) is 10.1 Å². The molecule has 6 nitrogen and oxygen atoms in total. The summed E-state index contributed by atoms with van der Waals surface area (Å²) >= 11 is 0. The average Bonchev–Trinajstić information content (AvgIpc) is 3.62. The van der Waals surface area contributed by atoms with E-state index in [1.807, 2.05) is 48.5 Å². The number of nitrogens with one attached hydrogen (secondary N) is 3. The Morgan fingerprint density at radius 1 is 0.825 bits per heavy atom. The van der Waals surface area contributed by atoms with Gasteiger partial charge >= 0.3 is 0 Å². The fourth-order valence-corrected chi connectivity index (χ4v) is 5.87. The number of carbonyl (C=O) groups is 1. The minimum Gasteiger partial charge on any atom is -0.353 e. The van der Waals surface area contributed by atoms with E-state index in [1.54, 1.807) is 24.5 Å². The number of rotatable bonds is 5. The molecular formula is C33H28FN5O. The van der Waals surface area contributed by atoms with E-state index >= 15 is 0 Å². The van der Waals surface area contributed by atoms with E-state index in [0.717, 1.165) is 75.6 Å². The van der Waals surface area contributed by atoms with Crippen LogP contribution in [0.3, 0.4) is 0 Å². The quantitative estimate of drug-likeness (QED) is 0.211. The van der Waals surface area contributed by atoms with Crippen LogP contribution in [0.25, 0.3) is 55.4 Å². The van der Waals surface area contributed by atoms with Gasteiger partial charge in [-0.05, 0) is 60.4 Å². The third-order valence-corrected chi connectivity index (χ3v) is 7.96. The number of fused-ring (bicyclic) bond motifs is 2. The molecule has 40 heavy (non-hydrogen) atoms. The molecule has 1 aliphatic rings. The number of aromatic amines is 2. The lowest BCUT2D eigenvalue weighted by molar-refractivity contribution is -0.120. The van der Waals surface area contributed by atoms with Crippen molar-refractivity contribution in [1.82, 2.24) is 20.2 Å². The van der Waals surface area contributed by atoms with Crippen molar-refractivity contribution in [2.45, 2.75) is 32.1 Å². The van der Waals surface area contributed by atoms with Gasteiger partial charge in [0.05, 0.1) is 23.1 Å². The van der Waals surface area contributed by atoms with Gasteiger partial charge in [0.2, 0.25) is 5.91 Å². The lowest BCUT2D eigenvalue weighted by Crippen LogP contribution is -2.24. The van der Waals surface area contributed by atoms with Gasteiger partial charge in [0.25, 0.3) is 0 Å². The van der Waals surface area contributed by atoms with Crippen molar-refractivity contribution in [1.29, 1.82) is 0 Å². The van der Waals surface area contributed by atoms with Crippen molar-refractivity contribution < 1.29 is 9.18 Å². The summed E-state index contributed by atoms with van der Waals surface area (Å²) in [4.78, 5) is 20.7. The van der Waals surface area contributed by atoms with Crippen molar-refractivity contribution in [3.05, 3.63) is 91.0 Å². The van der Waals surface area contributed by atoms with Gasteiger partial charge in [0.15, 0.2) is 0 Å². The summed E-state index contributed by atoms with van der Waals surface area (Å²) in [6.45, 7) is 0. The normalized spacial score (nSPS) is 14.1. The highest BCUT2D eigenvalue weighted by atomic mass is 19.1. The van der Waals surface area contributed by atoms with Crippen molar-refractivity contribution >= 4 is 33.4 Å². The Kier molecular flexibility index (Phi) is 6.11. The number of H-pyrrole nitrogens is 2. The molecule has 0 saturated heterocycles. The van der Waals surface area contributed by atoms with Crippen LogP contribution in [0.2, 0.25) is 0 Å². The van der Waals surface area contributed by atoms with Gasteiger partial charge in [-0.1, -0.05) is 55.7 Å². The second-order valence-corrected chi connectivity index (χ2v) is 10.5. The van der Waals surface area contributed by atoms with Gasteiger partial charge < -0.3 is 10.3 Å². The third-order valence-electron chi connectivity index (χ3n) is 7.96. The lowest BCUT2D eigenvalue weighted by atomic mass is 9.88. The molecule has 3 heterocycles. The fraction of sp³-hybridized carbons (Fsp3) is 0.182. The zero-order valence-electron chi connectivity index (χ0n) is 21.9. The number of anilines is 1. The predicted octanol–water partition coefficient (Wildman–Crippen LogP) is 8.10. The maximum Gasteiger partial charge on any atom is 0.227 e. The monoisotopic (exact) mass is 529 g/mol. The van der Waals surface area contributed by atoms with E-state index in [2.05, 4.69) is 31.5 Å². The largest absolute Gasteiger partial charge is 0.353 e. The van der Waals surface area contributed by atoms with E-state index < -0.39 is 0 Å². The summed E-state index contributed by atoms with van der Waals surface area (Å²) in [7, 11) is 0. The molecule has 3 N–H and O–H groups in total. The molecule has 7 rings (SSSR count). The fourth-order valence-electron chi connectivity index (χ4n) is 5.87. The molecule has 6 aromatic rings. The van der Waals surface area contributed by atoms with Crippen molar-refractivity contribution in [3.63, 3.8) is 0 Å². The Bertz CT molecular complexity index is 1860. The number of pyridine rings is 1. The van der Waals surface area contributed by atoms with Gasteiger partial charge in [0.1, 0.15) is 11.5 Å². The van der Waals surface area contributed by atoms with Crippen LogP contribution in [0.5, 0.6) is 0 Å². The Hall–Kier alpha value is -4.78. The van der Waals surface area contributed by atoms with Crippen LogP contribution in [-0.2, 0) is 4.79 Å². The number of carbonyl (C=O) groups excluding carboxylic acids is 1. The first-order valence-electron chi connectivity index (χ1n) is 13.8. The van der Waals surface area contributed by atoms with Gasteiger partial charge in [-0.25, -0.2) is 4.39 Å². The Labute approximate surface area is 230 Å². The molecule has 1 aliphatic carbocycles. The van der Waals surface area contributed by atoms with Gasteiger partial charge in [-0.15, -0.1) is 0 Å². The van der Waals surface area contributed by atoms with Gasteiger partial charge in [-0.3, -0.25) is 14.9 Å². The summed E-state index contributed by atoms with van der Waals surface area (Å²) in [6.07, 6.45) is 8.85. The maximum absolute atomic E-state index is 14.6. The molecule has 0 aliphatic heterocycles. The highest BCUT2D eigenvalue weighted by Gasteiger charge is 2.21. The molecule has 0 spiro atoms.